The number of nitriles is 1. The van der Waals surface area contributed by atoms with Crippen LogP contribution < -0.4 is 0 Å². The van der Waals surface area contributed by atoms with Crippen molar-refractivity contribution in [2.24, 2.45) is 0 Å². The Labute approximate surface area is 101 Å². The molecule has 0 radical (unpaired) electrons. The lowest BCUT2D eigenvalue weighted by Crippen LogP contribution is -2.43. The zero-order valence-corrected chi connectivity index (χ0v) is 12.5. The second-order valence-electron chi connectivity index (χ2n) is 5.64. The van der Waals surface area contributed by atoms with Crippen LogP contribution in [0.1, 0.15) is 40.5 Å². The molecule has 0 fully saturated rings. The maximum Gasteiger partial charge on any atom is 0.194 e. The maximum absolute atomic E-state index is 9.05. The highest BCUT2D eigenvalue weighted by atomic mass is 28.4. The molecular weight excluding hydrogens is 214 g/mol. The normalized spacial score (nSPS) is 15.1. The largest absolute Gasteiger partial charge is 0.398 e. The van der Waals surface area contributed by atoms with Crippen molar-refractivity contribution in [1.29, 1.82) is 5.26 Å². The summed E-state index contributed by atoms with van der Waals surface area (Å²) >= 11 is 0. The number of unbranched alkanes of at least 4 members (excludes halogenated alkanes) is 1. The van der Waals surface area contributed by atoms with Crippen LogP contribution in [0.3, 0.4) is 0 Å². The fraction of sp³-hybridized carbons (Fsp3) is 0.769. The Bertz CT molecular complexity index is 271. The van der Waals surface area contributed by atoms with Crippen molar-refractivity contribution in [1.82, 2.24) is 0 Å². The van der Waals surface area contributed by atoms with Crippen LogP contribution >= 0.6 is 0 Å². The Morgan fingerprint density at radius 3 is 2.31 bits per heavy atom. The third-order valence-corrected chi connectivity index (χ3v) is 7.58. The predicted octanol–water partition coefficient (Wildman–Crippen LogP) is 4.26. The summed E-state index contributed by atoms with van der Waals surface area (Å²) in [5.74, 6) is 0. The lowest BCUT2D eigenvalue weighted by atomic mass is 10.2. The molecule has 0 aromatic carbocycles. The first-order valence-corrected chi connectivity index (χ1v) is 8.89. The van der Waals surface area contributed by atoms with E-state index in [-0.39, 0.29) is 11.1 Å². The van der Waals surface area contributed by atoms with E-state index in [0.29, 0.717) is 0 Å². The van der Waals surface area contributed by atoms with Gasteiger partial charge in [-0.3, -0.25) is 0 Å². The number of nitrogens with zero attached hydrogens (tertiary/aromatic N) is 1. The molecule has 0 N–H and O–H groups in total. The van der Waals surface area contributed by atoms with Crippen molar-refractivity contribution >= 4 is 8.32 Å². The molecule has 3 heteroatoms. The number of allylic oxidation sites excluding steroid dienone is 1. The quantitative estimate of drug-likeness (QED) is 0.530. The second-order valence-corrected chi connectivity index (χ2v) is 10.4. The predicted molar refractivity (Wildman–Crippen MR) is 71.7 cm³/mol. The third-order valence-electron chi connectivity index (χ3n) is 3.12. The third kappa shape index (κ3) is 4.96. The van der Waals surface area contributed by atoms with Crippen molar-refractivity contribution in [3.8, 4) is 6.07 Å². The average Bonchev–Trinajstić information content (AvgIpc) is 2.14. The molecule has 0 aromatic rings. The molecule has 0 heterocycles. The monoisotopic (exact) mass is 239 g/mol. The van der Waals surface area contributed by atoms with E-state index in [1.807, 2.05) is 12.2 Å². The molecule has 0 aliphatic carbocycles. The van der Waals surface area contributed by atoms with Crippen LogP contribution in [0.4, 0.5) is 0 Å². The molecule has 0 aliphatic rings. The first-order valence-electron chi connectivity index (χ1n) is 5.98. The van der Waals surface area contributed by atoms with Crippen LogP contribution in [-0.2, 0) is 4.43 Å². The fourth-order valence-electron chi connectivity index (χ4n) is 0.989. The second kappa shape index (κ2) is 6.22. The van der Waals surface area contributed by atoms with Gasteiger partial charge >= 0.3 is 0 Å². The topological polar surface area (TPSA) is 33.0 Å². The summed E-state index contributed by atoms with van der Waals surface area (Å²) in [4.78, 5) is 0. The van der Waals surface area contributed by atoms with Crippen molar-refractivity contribution in [3.63, 3.8) is 0 Å². The van der Waals surface area contributed by atoms with E-state index in [0.717, 1.165) is 12.8 Å². The standard InChI is InChI=1S/C13H25NOSi/c1-7-8-9-10-12(11-14)15-16(5,6)13(2,3)4/h9-10,12H,7-8H2,1-6H3/b10-9-. The van der Waals surface area contributed by atoms with Crippen LogP contribution in [0.15, 0.2) is 12.2 Å². The van der Waals surface area contributed by atoms with Crippen LogP contribution in [0.5, 0.6) is 0 Å². The highest BCUT2D eigenvalue weighted by molar-refractivity contribution is 6.74. The van der Waals surface area contributed by atoms with Crippen molar-refractivity contribution in [3.05, 3.63) is 12.2 Å². The van der Waals surface area contributed by atoms with Gasteiger partial charge < -0.3 is 4.43 Å². The molecule has 0 saturated heterocycles. The smallest absolute Gasteiger partial charge is 0.194 e. The Morgan fingerprint density at radius 2 is 1.94 bits per heavy atom. The summed E-state index contributed by atoms with van der Waals surface area (Å²) in [5.41, 5.74) is 0. The van der Waals surface area contributed by atoms with Crippen LogP contribution in [0, 0.1) is 11.3 Å². The van der Waals surface area contributed by atoms with E-state index < -0.39 is 8.32 Å². The Hall–Kier alpha value is -0.593. The first-order chi connectivity index (χ1) is 7.24. The molecule has 0 saturated carbocycles. The summed E-state index contributed by atoms with van der Waals surface area (Å²) in [7, 11) is -1.82. The Morgan fingerprint density at radius 1 is 1.38 bits per heavy atom. The molecule has 0 aliphatic heterocycles. The van der Waals surface area contributed by atoms with Gasteiger partial charge in [0, 0.05) is 0 Å². The van der Waals surface area contributed by atoms with E-state index in [2.05, 4.69) is 46.9 Å². The Balaban J connectivity index is 4.50. The minimum absolute atomic E-state index is 0.153. The molecule has 0 rings (SSSR count). The van der Waals surface area contributed by atoms with Gasteiger partial charge in [-0.15, -0.1) is 0 Å². The highest BCUT2D eigenvalue weighted by Crippen LogP contribution is 2.37. The number of rotatable bonds is 5. The zero-order valence-electron chi connectivity index (χ0n) is 11.5. The molecule has 92 valence electrons. The number of hydrogen-bond donors (Lipinski definition) is 0. The van der Waals surface area contributed by atoms with Crippen molar-refractivity contribution < 1.29 is 4.43 Å². The van der Waals surface area contributed by atoms with Crippen LogP contribution in [0.2, 0.25) is 18.1 Å². The molecular formula is C13H25NOSi. The van der Waals surface area contributed by atoms with Gasteiger partial charge in [0.05, 0.1) is 6.07 Å². The van der Waals surface area contributed by atoms with Gasteiger partial charge in [0.2, 0.25) is 0 Å². The van der Waals surface area contributed by atoms with Crippen molar-refractivity contribution in [2.75, 3.05) is 0 Å². The van der Waals surface area contributed by atoms with E-state index in [4.69, 9.17) is 9.69 Å². The minimum Gasteiger partial charge on any atom is -0.398 e. The number of hydrogen-bond acceptors (Lipinski definition) is 2. The molecule has 1 atom stereocenters. The molecule has 1 unspecified atom stereocenters. The Kier molecular flexibility index (Phi) is 5.99. The van der Waals surface area contributed by atoms with Gasteiger partial charge in [-0.2, -0.15) is 5.26 Å². The molecule has 2 nitrogen and oxygen atoms in total. The minimum atomic E-state index is -1.82. The van der Waals surface area contributed by atoms with Crippen molar-refractivity contribution in [2.45, 2.75) is 64.8 Å². The molecule has 0 amide bonds. The van der Waals surface area contributed by atoms with Gasteiger partial charge in [0.25, 0.3) is 0 Å². The lowest BCUT2D eigenvalue weighted by molar-refractivity contribution is 0.273. The van der Waals surface area contributed by atoms with Crippen LogP contribution in [0.25, 0.3) is 0 Å². The van der Waals surface area contributed by atoms with Gasteiger partial charge in [-0.25, -0.2) is 0 Å². The maximum atomic E-state index is 9.05. The lowest BCUT2D eigenvalue weighted by Gasteiger charge is -2.37. The van der Waals surface area contributed by atoms with Crippen LogP contribution in [-0.4, -0.2) is 14.4 Å². The van der Waals surface area contributed by atoms with Gasteiger partial charge in [-0.05, 0) is 30.6 Å². The van der Waals surface area contributed by atoms with E-state index >= 15 is 0 Å². The summed E-state index contributed by atoms with van der Waals surface area (Å²) in [6.45, 7) is 13.0. The average molecular weight is 239 g/mol. The molecule has 16 heavy (non-hydrogen) atoms. The summed E-state index contributed by atoms with van der Waals surface area (Å²) < 4.78 is 5.99. The summed E-state index contributed by atoms with van der Waals surface area (Å²) in [6.07, 6.45) is 5.67. The molecule has 0 aromatic heterocycles. The highest BCUT2D eigenvalue weighted by Gasteiger charge is 2.38. The van der Waals surface area contributed by atoms with E-state index in [1.54, 1.807) is 0 Å². The summed E-state index contributed by atoms with van der Waals surface area (Å²) in [6, 6.07) is 2.21. The van der Waals surface area contributed by atoms with Gasteiger partial charge in [-0.1, -0.05) is 40.2 Å². The van der Waals surface area contributed by atoms with Gasteiger partial charge in [0.1, 0.15) is 0 Å². The fourth-order valence-corrected chi connectivity index (χ4v) is 2.11. The molecule has 0 spiro atoms. The molecule has 0 bridgehead atoms. The van der Waals surface area contributed by atoms with E-state index in [9.17, 15) is 0 Å². The van der Waals surface area contributed by atoms with Gasteiger partial charge in [0.15, 0.2) is 14.4 Å². The van der Waals surface area contributed by atoms with E-state index in [1.165, 1.54) is 0 Å². The first kappa shape index (κ1) is 15.4. The SMILES string of the molecule is CCC/C=C\C(C#N)O[Si](C)(C)C(C)(C)C. The summed E-state index contributed by atoms with van der Waals surface area (Å²) in [5, 5.41) is 9.20. The zero-order chi connectivity index (χ0) is 12.8.